The highest BCUT2D eigenvalue weighted by Gasteiger charge is 2.25. The first-order valence-electron chi connectivity index (χ1n) is 6.63. The summed E-state index contributed by atoms with van der Waals surface area (Å²) < 4.78 is 0. The van der Waals surface area contributed by atoms with Crippen molar-refractivity contribution in [2.45, 2.75) is 25.7 Å². The average molecular weight is 283 g/mol. The third-order valence-corrected chi connectivity index (χ3v) is 3.69. The Hall–Kier alpha value is -1.06. The second-order valence-corrected chi connectivity index (χ2v) is 5.66. The van der Waals surface area contributed by atoms with E-state index in [-0.39, 0.29) is 29.6 Å². The van der Waals surface area contributed by atoms with Gasteiger partial charge in [-0.2, -0.15) is 0 Å². The predicted molar refractivity (Wildman–Crippen MR) is 80.7 cm³/mol. The summed E-state index contributed by atoms with van der Waals surface area (Å²) >= 11 is 0. The summed E-state index contributed by atoms with van der Waals surface area (Å²) in [6.45, 7) is 6.79. The third-order valence-electron chi connectivity index (χ3n) is 3.69. The maximum atomic E-state index is 12.0. The highest BCUT2D eigenvalue weighted by Crippen LogP contribution is 2.22. The van der Waals surface area contributed by atoms with Gasteiger partial charge in [-0.1, -0.05) is 44.2 Å². The van der Waals surface area contributed by atoms with E-state index in [2.05, 4.69) is 36.6 Å². The fourth-order valence-electron chi connectivity index (χ4n) is 2.32. The fraction of sp³-hybridized carbons (Fsp3) is 0.533. The van der Waals surface area contributed by atoms with Gasteiger partial charge in [0.2, 0.25) is 5.91 Å². The van der Waals surface area contributed by atoms with E-state index >= 15 is 0 Å². The molecule has 0 aromatic heterocycles. The molecule has 1 fully saturated rings. The molecule has 3 nitrogen and oxygen atoms in total. The Labute approximate surface area is 121 Å². The monoisotopic (exact) mass is 282 g/mol. The molecule has 0 saturated carbocycles. The number of amides is 1. The zero-order valence-corrected chi connectivity index (χ0v) is 12.4. The Morgan fingerprint density at radius 3 is 2.63 bits per heavy atom. The lowest BCUT2D eigenvalue weighted by atomic mass is 9.84. The quantitative estimate of drug-likeness (QED) is 0.888. The van der Waals surface area contributed by atoms with Gasteiger partial charge in [-0.15, -0.1) is 12.4 Å². The molecule has 106 valence electrons. The van der Waals surface area contributed by atoms with Crippen molar-refractivity contribution < 1.29 is 4.79 Å². The van der Waals surface area contributed by atoms with Crippen molar-refractivity contribution in [1.29, 1.82) is 0 Å². The zero-order valence-electron chi connectivity index (χ0n) is 11.6. The van der Waals surface area contributed by atoms with E-state index < -0.39 is 0 Å². The number of carbonyl (C=O) groups is 1. The van der Waals surface area contributed by atoms with Crippen LogP contribution >= 0.6 is 12.4 Å². The van der Waals surface area contributed by atoms with Crippen molar-refractivity contribution in [1.82, 2.24) is 10.6 Å². The molecular weight excluding hydrogens is 260 g/mol. The molecule has 1 unspecified atom stereocenters. The minimum absolute atomic E-state index is 0. The molecule has 1 aliphatic heterocycles. The topological polar surface area (TPSA) is 41.1 Å². The van der Waals surface area contributed by atoms with E-state index in [0.29, 0.717) is 6.54 Å². The summed E-state index contributed by atoms with van der Waals surface area (Å²) in [5.74, 6) is 0.334. The fourth-order valence-corrected chi connectivity index (χ4v) is 2.32. The van der Waals surface area contributed by atoms with Gasteiger partial charge in [0, 0.05) is 18.5 Å². The maximum Gasteiger partial charge on any atom is 0.224 e. The number of nitrogens with one attached hydrogen (secondary N) is 2. The number of benzene rings is 1. The summed E-state index contributed by atoms with van der Waals surface area (Å²) in [7, 11) is 0. The molecule has 1 aromatic carbocycles. The zero-order chi connectivity index (χ0) is 13.0. The lowest BCUT2D eigenvalue weighted by Crippen LogP contribution is -2.40. The number of hydrogen-bond acceptors (Lipinski definition) is 2. The highest BCUT2D eigenvalue weighted by molar-refractivity contribution is 5.85. The van der Waals surface area contributed by atoms with Crippen LogP contribution in [0.2, 0.25) is 0 Å². The number of halogens is 1. The Balaban J connectivity index is 0.00000180. The summed E-state index contributed by atoms with van der Waals surface area (Å²) in [4.78, 5) is 12.0. The van der Waals surface area contributed by atoms with Crippen molar-refractivity contribution in [3.05, 3.63) is 35.9 Å². The van der Waals surface area contributed by atoms with E-state index in [4.69, 9.17) is 0 Å². The van der Waals surface area contributed by atoms with E-state index in [1.54, 1.807) is 0 Å². The van der Waals surface area contributed by atoms with E-state index in [9.17, 15) is 4.79 Å². The molecule has 0 spiro atoms. The van der Waals surface area contributed by atoms with Crippen LogP contribution in [0.1, 0.15) is 25.8 Å². The molecule has 1 amide bonds. The van der Waals surface area contributed by atoms with Crippen LogP contribution in [0.5, 0.6) is 0 Å². The van der Waals surface area contributed by atoms with Crippen molar-refractivity contribution in [3.63, 3.8) is 0 Å². The van der Waals surface area contributed by atoms with Gasteiger partial charge >= 0.3 is 0 Å². The van der Waals surface area contributed by atoms with Crippen molar-refractivity contribution >= 4 is 18.3 Å². The van der Waals surface area contributed by atoms with Crippen LogP contribution in [-0.2, 0) is 10.2 Å². The predicted octanol–water partition coefficient (Wildman–Crippen LogP) is 2.11. The molecular formula is C15H23ClN2O. The molecule has 1 aliphatic rings. The van der Waals surface area contributed by atoms with Crippen LogP contribution < -0.4 is 10.6 Å². The third kappa shape index (κ3) is 4.22. The lowest BCUT2D eigenvalue weighted by molar-refractivity contribution is -0.124. The minimum atomic E-state index is -0.0248. The smallest absolute Gasteiger partial charge is 0.224 e. The van der Waals surface area contributed by atoms with Gasteiger partial charge in [0.15, 0.2) is 0 Å². The second kappa shape index (κ2) is 6.92. The molecule has 19 heavy (non-hydrogen) atoms. The Morgan fingerprint density at radius 1 is 1.37 bits per heavy atom. The first-order valence-corrected chi connectivity index (χ1v) is 6.63. The van der Waals surface area contributed by atoms with E-state index in [1.165, 1.54) is 5.56 Å². The SMILES string of the molecule is CC(C)(CNC(=O)C1CCNC1)c1ccccc1.Cl. The molecule has 0 aliphatic carbocycles. The summed E-state index contributed by atoms with van der Waals surface area (Å²) in [5, 5.41) is 6.31. The van der Waals surface area contributed by atoms with Crippen LogP contribution in [0.3, 0.4) is 0 Å². The molecule has 1 atom stereocenters. The Morgan fingerprint density at radius 2 is 2.05 bits per heavy atom. The van der Waals surface area contributed by atoms with Crippen LogP contribution in [0.25, 0.3) is 0 Å². The number of hydrogen-bond donors (Lipinski definition) is 2. The minimum Gasteiger partial charge on any atom is -0.355 e. The molecule has 4 heteroatoms. The van der Waals surface area contributed by atoms with Crippen molar-refractivity contribution in [2.75, 3.05) is 19.6 Å². The summed E-state index contributed by atoms with van der Waals surface area (Å²) in [5.41, 5.74) is 1.23. The van der Waals surface area contributed by atoms with Crippen LogP contribution in [-0.4, -0.2) is 25.5 Å². The molecule has 1 aromatic rings. The van der Waals surface area contributed by atoms with Gasteiger partial charge in [-0.3, -0.25) is 4.79 Å². The Kier molecular flexibility index (Phi) is 5.83. The Bertz CT molecular complexity index is 400. The lowest BCUT2D eigenvalue weighted by Gasteiger charge is -2.26. The standard InChI is InChI=1S/C15H22N2O.ClH/c1-15(2,13-6-4-3-5-7-13)11-17-14(18)12-8-9-16-10-12;/h3-7,12,16H,8-11H2,1-2H3,(H,17,18);1H. The maximum absolute atomic E-state index is 12.0. The largest absolute Gasteiger partial charge is 0.355 e. The summed E-state index contributed by atoms with van der Waals surface area (Å²) in [6.07, 6.45) is 0.956. The molecule has 0 bridgehead atoms. The highest BCUT2D eigenvalue weighted by atomic mass is 35.5. The van der Waals surface area contributed by atoms with Crippen molar-refractivity contribution in [2.24, 2.45) is 5.92 Å². The van der Waals surface area contributed by atoms with Gasteiger partial charge < -0.3 is 10.6 Å². The average Bonchev–Trinajstić information content (AvgIpc) is 2.91. The van der Waals surface area contributed by atoms with Gasteiger partial charge in [-0.05, 0) is 18.5 Å². The van der Waals surface area contributed by atoms with Gasteiger partial charge in [0.25, 0.3) is 0 Å². The molecule has 1 saturated heterocycles. The number of rotatable bonds is 4. The molecule has 0 radical (unpaired) electrons. The molecule has 2 rings (SSSR count). The van der Waals surface area contributed by atoms with Gasteiger partial charge in [0.05, 0.1) is 5.92 Å². The van der Waals surface area contributed by atoms with Gasteiger partial charge in [0.1, 0.15) is 0 Å². The van der Waals surface area contributed by atoms with Crippen LogP contribution in [0.15, 0.2) is 30.3 Å². The van der Waals surface area contributed by atoms with Crippen molar-refractivity contribution in [3.8, 4) is 0 Å². The van der Waals surface area contributed by atoms with Crippen LogP contribution in [0.4, 0.5) is 0 Å². The first-order chi connectivity index (χ1) is 8.59. The first kappa shape index (κ1) is 16.0. The van der Waals surface area contributed by atoms with E-state index in [0.717, 1.165) is 19.5 Å². The molecule has 2 N–H and O–H groups in total. The molecule has 1 heterocycles. The summed E-state index contributed by atoms with van der Waals surface area (Å²) in [6, 6.07) is 10.3. The number of carbonyl (C=O) groups excluding carboxylic acids is 1. The van der Waals surface area contributed by atoms with Crippen LogP contribution in [0, 0.1) is 5.92 Å². The van der Waals surface area contributed by atoms with Gasteiger partial charge in [-0.25, -0.2) is 0 Å². The second-order valence-electron chi connectivity index (χ2n) is 5.66. The normalized spacial score (nSPS) is 18.7. The van der Waals surface area contributed by atoms with E-state index in [1.807, 2.05) is 18.2 Å².